The van der Waals surface area contributed by atoms with Crippen molar-refractivity contribution in [2.24, 2.45) is 0 Å². The van der Waals surface area contributed by atoms with E-state index in [0.717, 1.165) is 49.4 Å². The Hall–Kier alpha value is -3.23. The van der Waals surface area contributed by atoms with Crippen molar-refractivity contribution in [3.63, 3.8) is 0 Å². The number of ether oxygens (including phenoxy) is 2. The lowest BCUT2D eigenvalue weighted by Gasteiger charge is -2.26. The van der Waals surface area contributed by atoms with E-state index in [0.29, 0.717) is 17.9 Å². The summed E-state index contributed by atoms with van der Waals surface area (Å²) in [6.45, 7) is 4.60. The van der Waals surface area contributed by atoms with Gasteiger partial charge in [-0.25, -0.2) is 0 Å². The molecule has 0 unspecified atom stereocenters. The molecule has 3 aromatic rings. The molecule has 8 heteroatoms. The Morgan fingerprint density at radius 2 is 2.03 bits per heavy atom. The van der Waals surface area contributed by atoms with Crippen molar-refractivity contribution in [1.82, 2.24) is 15.1 Å². The molecule has 0 bridgehead atoms. The number of nitrogens with one attached hydrogen (secondary N) is 1. The number of morpholine rings is 1. The highest BCUT2D eigenvalue weighted by Gasteiger charge is 2.14. The molecule has 0 aliphatic carbocycles. The van der Waals surface area contributed by atoms with Gasteiger partial charge in [-0.3, -0.25) is 20.1 Å². The molecular formula is C21H22N4O4. The molecule has 0 radical (unpaired) electrons. The summed E-state index contributed by atoms with van der Waals surface area (Å²) >= 11 is 0. The molecule has 8 nitrogen and oxygen atoms in total. The number of hydrogen-bond acceptors (Lipinski definition) is 6. The molecule has 0 amide bonds. The second-order valence-electron chi connectivity index (χ2n) is 6.77. The van der Waals surface area contributed by atoms with E-state index < -0.39 is 0 Å². The van der Waals surface area contributed by atoms with Gasteiger partial charge in [0.25, 0.3) is 5.69 Å². The maximum Gasteiger partial charge on any atom is 0.276 e. The lowest BCUT2D eigenvalue weighted by Crippen LogP contribution is -2.38. The van der Waals surface area contributed by atoms with Crippen molar-refractivity contribution >= 4 is 28.7 Å². The molecule has 29 heavy (non-hydrogen) atoms. The van der Waals surface area contributed by atoms with Gasteiger partial charge in [0.05, 0.1) is 34.9 Å². The van der Waals surface area contributed by atoms with Gasteiger partial charge in [-0.1, -0.05) is 18.2 Å². The maximum absolute atomic E-state index is 11.4. The van der Waals surface area contributed by atoms with E-state index in [9.17, 15) is 10.1 Å². The van der Waals surface area contributed by atoms with E-state index >= 15 is 0 Å². The number of aromatic amines is 1. The van der Waals surface area contributed by atoms with Crippen LogP contribution < -0.4 is 4.74 Å². The van der Waals surface area contributed by atoms with Gasteiger partial charge in [-0.2, -0.15) is 5.10 Å². The summed E-state index contributed by atoms with van der Waals surface area (Å²) in [6.07, 6.45) is 3.48. The quantitative estimate of drug-likeness (QED) is 0.488. The molecular weight excluding hydrogens is 372 g/mol. The van der Waals surface area contributed by atoms with Crippen molar-refractivity contribution in [1.29, 1.82) is 0 Å². The van der Waals surface area contributed by atoms with Gasteiger partial charge in [-0.15, -0.1) is 0 Å². The van der Waals surface area contributed by atoms with E-state index in [4.69, 9.17) is 9.47 Å². The zero-order chi connectivity index (χ0) is 20.1. The van der Waals surface area contributed by atoms with Crippen LogP contribution in [0.4, 0.5) is 5.69 Å². The summed E-state index contributed by atoms with van der Waals surface area (Å²) in [4.78, 5) is 13.3. The molecule has 1 aliphatic rings. The van der Waals surface area contributed by atoms with E-state index in [1.807, 2.05) is 24.3 Å². The monoisotopic (exact) mass is 394 g/mol. The number of para-hydroxylation sites is 1. The minimum Gasteiger partial charge on any atom is -0.492 e. The first-order chi connectivity index (χ1) is 14.2. The van der Waals surface area contributed by atoms with Crippen LogP contribution in [0.15, 0.2) is 42.5 Å². The van der Waals surface area contributed by atoms with Crippen LogP contribution in [0.1, 0.15) is 11.3 Å². The first-order valence-corrected chi connectivity index (χ1v) is 9.53. The Kier molecular flexibility index (Phi) is 5.83. The van der Waals surface area contributed by atoms with Crippen LogP contribution in [0, 0.1) is 10.1 Å². The number of hydrogen-bond donors (Lipinski definition) is 1. The number of nitro benzene ring substituents is 1. The molecule has 1 aliphatic heterocycles. The molecule has 1 N–H and O–H groups in total. The lowest BCUT2D eigenvalue weighted by molar-refractivity contribution is -0.385. The third-order valence-corrected chi connectivity index (χ3v) is 4.90. The highest BCUT2D eigenvalue weighted by atomic mass is 16.6. The number of H-pyrrole nitrogens is 1. The summed E-state index contributed by atoms with van der Waals surface area (Å²) in [7, 11) is 0. The van der Waals surface area contributed by atoms with E-state index in [-0.39, 0.29) is 10.6 Å². The number of nitro groups is 1. The maximum atomic E-state index is 11.4. The van der Waals surface area contributed by atoms with Crippen LogP contribution in [-0.4, -0.2) is 59.5 Å². The predicted molar refractivity (Wildman–Crippen MR) is 111 cm³/mol. The second kappa shape index (κ2) is 8.85. The Bertz CT molecular complexity index is 1020. The highest BCUT2D eigenvalue weighted by molar-refractivity contribution is 5.89. The molecule has 1 saturated heterocycles. The molecule has 0 atom stereocenters. The van der Waals surface area contributed by atoms with Gasteiger partial charge in [0, 0.05) is 31.1 Å². The molecule has 150 valence electrons. The highest BCUT2D eigenvalue weighted by Crippen LogP contribution is 2.27. The molecule has 0 spiro atoms. The lowest BCUT2D eigenvalue weighted by atomic mass is 10.1. The average molecular weight is 394 g/mol. The molecule has 1 fully saturated rings. The molecule has 2 aromatic carbocycles. The minimum atomic E-state index is -0.389. The van der Waals surface area contributed by atoms with Gasteiger partial charge < -0.3 is 9.47 Å². The molecule has 1 aromatic heterocycles. The van der Waals surface area contributed by atoms with Crippen LogP contribution in [0.3, 0.4) is 0 Å². The minimum absolute atomic E-state index is 0.0293. The van der Waals surface area contributed by atoms with Crippen molar-refractivity contribution < 1.29 is 14.4 Å². The standard InChI is InChI=1S/C21H22N4O4/c26-25(27)21-8-6-17(29-14-11-24-9-12-28-13-10-24)15-16(21)5-7-20-18-3-1-2-4-19(18)22-23-20/h1-8,15H,9-14H2,(H,22,23)/b7-5+. The summed E-state index contributed by atoms with van der Waals surface area (Å²) in [5.41, 5.74) is 2.16. The first kappa shape index (κ1) is 19.1. The summed E-state index contributed by atoms with van der Waals surface area (Å²) in [5, 5.41) is 19.6. The number of nitrogens with zero attached hydrogens (tertiary/aromatic N) is 3. The van der Waals surface area contributed by atoms with Crippen LogP contribution in [-0.2, 0) is 4.74 Å². The van der Waals surface area contributed by atoms with E-state index in [2.05, 4.69) is 15.1 Å². The van der Waals surface area contributed by atoms with Gasteiger partial charge >= 0.3 is 0 Å². The van der Waals surface area contributed by atoms with E-state index in [1.54, 1.807) is 24.3 Å². The number of aromatic nitrogens is 2. The average Bonchev–Trinajstić information content (AvgIpc) is 3.16. The van der Waals surface area contributed by atoms with Gasteiger partial charge in [0.2, 0.25) is 0 Å². The summed E-state index contributed by atoms with van der Waals surface area (Å²) < 4.78 is 11.2. The van der Waals surface area contributed by atoms with Gasteiger partial charge in [0.15, 0.2) is 0 Å². The van der Waals surface area contributed by atoms with Crippen molar-refractivity contribution in [3.8, 4) is 5.75 Å². The number of fused-ring (bicyclic) bond motifs is 1. The topological polar surface area (TPSA) is 93.5 Å². The fourth-order valence-electron chi connectivity index (χ4n) is 3.32. The first-order valence-electron chi connectivity index (χ1n) is 9.53. The van der Waals surface area contributed by atoms with Gasteiger partial charge in [-0.05, 0) is 30.4 Å². The van der Waals surface area contributed by atoms with Crippen molar-refractivity contribution in [3.05, 3.63) is 63.8 Å². The third kappa shape index (κ3) is 4.61. The molecule has 0 saturated carbocycles. The third-order valence-electron chi connectivity index (χ3n) is 4.90. The Morgan fingerprint density at radius 1 is 1.21 bits per heavy atom. The second-order valence-corrected chi connectivity index (χ2v) is 6.77. The zero-order valence-corrected chi connectivity index (χ0v) is 15.9. The van der Waals surface area contributed by atoms with Crippen molar-refractivity contribution in [2.75, 3.05) is 39.5 Å². The zero-order valence-electron chi connectivity index (χ0n) is 15.9. The van der Waals surface area contributed by atoms with Gasteiger partial charge in [0.1, 0.15) is 12.4 Å². The molecule has 4 rings (SSSR count). The Labute approximate surface area is 167 Å². The largest absolute Gasteiger partial charge is 0.492 e. The Balaban J connectivity index is 1.49. The summed E-state index contributed by atoms with van der Waals surface area (Å²) in [6, 6.07) is 12.6. The molecule has 2 heterocycles. The van der Waals surface area contributed by atoms with Crippen LogP contribution in [0.2, 0.25) is 0 Å². The normalized spacial score (nSPS) is 15.2. The fourth-order valence-corrected chi connectivity index (χ4v) is 3.32. The van der Waals surface area contributed by atoms with Crippen molar-refractivity contribution in [2.45, 2.75) is 0 Å². The SMILES string of the molecule is O=[N+]([O-])c1ccc(OCCN2CCOCC2)cc1/C=C/c1n[nH]c2ccccc12. The van der Waals surface area contributed by atoms with Crippen LogP contribution in [0.25, 0.3) is 23.1 Å². The number of benzene rings is 2. The van der Waals surface area contributed by atoms with Crippen LogP contribution in [0.5, 0.6) is 5.75 Å². The van der Waals surface area contributed by atoms with Crippen LogP contribution >= 0.6 is 0 Å². The number of rotatable bonds is 7. The summed E-state index contributed by atoms with van der Waals surface area (Å²) in [5.74, 6) is 0.607. The predicted octanol–water partition coefficient (Wildman–Crippen LogP) is 3.35. The van der Waals surface area contributed by atoms with E-state index in [1.165, 1.54) is 6.07 Å². The fraction of sp³-hybridized carbons (Fsp3) is 0.286. The Morgan fingerprint density at radius 3 is 2.86 bits per heavy atom. The smallest absolute Gasteiger partial charge is 0.276 e.